The topological polar surface area (TPSA) is 54.3 Å². The summed E-state index contributed by atoms with van der Waals surface area (Å²) >= 11 is 0. The molecule has 1 aliphatic heterocycles. The molecule has 25 heavy (non-hydrogen) atoms. The Hall–Kier alpha value is -2.56. The van der Waals surface area contributed by atoms with Crippen LogP contribution in [0.4, 0.5) is 0 Å². The Kier molecular flexibility index (Phi) is 4.93. The van der Waals surface area contributed by atoms with Gasteiger partial charge in [0.1, 0.15) is 5.70 Å². The zero-order valence-corrected chi connectivity index (χ0v) is 15.1. The van der Waals surface area contributed by atoms with Crippen LogP contribution in [0.1, 0.15) is 38.7 Å². The summed E-state index contributed by atoms with van der Waals surface area (Å²) in [5.74, 6) is -0.386. The summed E-state index contributed by atoms with van der Waals surface area (Å²) in [5.41, 5.74) is 2.83. The number of benzene rings is 1. The molecule has 2 aromatic rings. The molecule has 0 spiro atoms. The lowest BCUT2D eigenvalue weighted by molar-refractivity contribution is -0.137. The molecule has 0 unspecified atom stereocenters. The fourth-order valence-corrected chi connectivity index (χ4v) is 3.30. The average Bonchev–Trinajstić information content (AvgIpc) is 3.06. The van der Waals surface area contributed by atoms with Crippen molar-refractivity contribution in [3.05, 3.63) is 41.7 Å². The van der Waals surface area contributed by atoms with Gasteiger partial charge in [-0.1, -0.05) is 38.5 Å². The van der Waals surface area contributed by atoms with Crippen LogP contribution < -0.4 is 5.32 Å². The SMILES string of the molecule is CCCCN1C(=O)C(NCCC)=C(c2cn(C)c3ccccc23)C1=O. The van der Waals surface area contributed by atoms with Crippen LogP contribution in [-0.2, 0) is 16.6 Å². The summed E-state index contributed by atoms with van der Waals surface area (Å²) in [6, 6.07) is 7.96. The van der Waals surface area contributed by atoms with Gasteiger partial charge in [0, 0.05) is 42.8 Å². The van der Waals surface area contributed by atoms with Gasteiger partial charge in [-0.2, -0.15) is 0 Å². The Morgan fingerprint density at radius 1 is 1.04 bits per heavy atom. The Morgan fingerprint density at radius 3 is 2.52 bits per heavy atom. The molecule has 1 aromatic carbocycles. The van der Waals surface area contributed by atoms with Crippen LogP contribution in [0, 0.1) is 0 Å². The number of aromatic nitrogens is 1. The van der Waals surface area contributed by atoms with E-state index in [1.807, 2.05) is 49.0 Å². The van der Waals surface area contributed by atoms with Gasteiger partial charge in [-0.25, -0.2) is 0 Å². The zero-order chi connectivity index (χ0) is 18.0. The van der Waals surface area contributed by atoms with Gasteiger partial charge in [-0.15, -0.1) is 0 Å². The van der Waals surface area contributed by atoms with E-state index in [9.17, 15) is 9.59 Å². The van der Waals surface area contributed by atoms with Gasteiger partial charge < -0.3 is 9.88 Å². The number of rotatable bonds is 7. The number of nitrogens with one attached hydrogen (secondary N) is 1. The van der Waals surface area contributed by atoms with Crippen molar-refractivity contribution in [3.8, 4) is 0 Å². The molecule has 5 heteroatoms. The smallest absolute Gasteiger partial charge is 0.277 e. The molecular formula is C20H25N3O2. The summed E-state index contributed by atoms with van der Waals surface area (Å²) in [7, 11) is 1.96. The number of unbranched alkanes of at least 4 members (excludes halogenated alkanes) is 1. The first-order chi connectivity index (χ1) is 12.1. The number of fused-ring (bicyclic) bond motifs is 1. The van der Waals surface area contributed by atoms with Gasteiger partial charge in [0.2, 0.25) is 0 Å². The highest BCUT2D eigenvalue weighted by atomic mass is 16.2. The number of imide groups is 1. The molecule has 1 aliphatic rings. The molecule has 0 bridgehead atoms. The highest BCUT2D eigenvalue weighted by Crippen LogP contribution is 2.33. The zero-order valence-electron chi connectivity index (χ0n) is 15.1. The summed E-state index contributed by atoms with van der Waals surface area (Å²) in [4.78, 5) is 27.3. The molecule has 5 nitrogen and oxygen atoms in total. The van der Waals surface area contributed by atoms with Crippen molar-refractivity contribution in [2.45, 2.75) is 33.1 Å². The van der Waals surface area contributed by atoms with Gasteiger partial charge in [0.25, 0.3) is 11.8 Å². The highest BCUT2D eigenvalue weighted by Gasteiger charge is 2.39. The van der Waals surface area contributed by atoms with Gasteiger partial charge in [0.15, 0.2) is 0 Å². The third-order valence-corrected chi connectivity index (χ3v) is 4.62. The first kappa shape index (κ1) is 17.3. The number of carbonyl (C=O) groups is 2. The van der Waals surface area contributed by atoms with Crippen molar-refractivity contribution >= 4 is 28.3 Å². The third kappa shape index (κ3) is 2.95. The predicted octanol–water partition coefficient (Wildman–Crippen LogP) is 3.06. The average molecular weight is 339 g/mol. The van der Waals surface area contributed by atoms with Crippen LogP contribution in [-0.4, -0.2) is 34.4 Å². The number of nitrogens with zero attached hydrogens (tertiary/aromatic N) is 2. The van der Waals surface area contributed by atoms with E-state index in [2.05, 4.69) is 12.2 Å². The predicted molar refractivity (Wildman–Crippen MR) is 99.8 cm³/mol. The molecule has 3 rings (SSSR count). The maximum Gasteiger partial charge on any atom is 0.277 e. The normalized spacial score (nSPS) is 14.9. The number of hydrogen-bond donors (Lipinski definition) is 1. The molecule has 1 N–H and O–H groups in total. The minimum absolute atomic E-state index is 0.187. The van der Waals surface area contributed by atoms with Crippen molar-refractivity contribution in [1.82, 2.24) is 14.8 Å². The quantitative estimate of drug-likeness (QED) is 0.789. The maximum atomic E-state index is 13.0. The van der Waals surface area contributed by atoms with E-state index in [0.29, 0.717) is 24.4 Å². The molecule has 0 radical (unpaired) electrons. The molecule has 0 saturated carbocycles. The van der Waals surface area contributed by atoms with Crippen LogP contribution in [0.15, 0.2) is 36.2 Å². The molecule has 0 fully saturated rings. The molecule has 2 amide bonds. The van der Waals surface area contributed by atoms with E-state index in [0.717, 1.165) is 35.7 Å². The molecule has 0 atom stereocenters. The van der Waals surface area contributed by atoms with Gasteiger partial charge in [-0.3, -0.25) is 14.5 Å². The second-order valence-corrected chi connectivity index (χ2v) is 6.46. The lowest BCUT2D eigenvalue weighted by Gasteiger charge is -2.14. The standard InChI is InChI=1S/C20H25N3O2/c1-4-6-12-23-19(24)17(18(20(23)25)21-11-5-2)15-13-22(3)16-10-8-7-9-14(15)16/h7-10,13,21H,4-6,11-12H2,1-3H3. The van der Waals surface area contributed by atoms with Crippen LogP contribution in [0.5, 0.6) is 0 Å². The summed E-state index contributed by atoms with van der Waals surface area (Å²) in [6.45, 7) is 5.24. The van der Waals surface area contributed by atoms with Crippen molar-refractivity contribution < 1.29 is 9.59 Å². The Bertz CT molecular complexity index is 848. The number of para-hydroxylation sites is 1. The molecule has 1 aromatic heterocycles. The Morgan fingerprint density at radius 2 is 1.80 bits per heavy atom. The van der Waals surface area contributed by atoms with Crippen LogP contribution in [0.25, 0.3) is 16.5 Å². The Balaban J connectivity index is 2.12. The Labute approximate surface area is 148 Å². The minimum atomic E-state index is -0.199. The molecular weight excluding hydrogens is 314 g/mol. The van der Waals surface area contributed by atoms with Gasteiger partial charge in [-0.05, 0) is 18.9 Å². The number of aryl methyl sites for hydroxylation is 1. The lowest BCUT2D eigenvalue weighted by atomic mass is 10.0. The molecule has 2 heterocycles. The van der Waals surface area contributed by atoms with Crippen LogP contribution >= 0.6 is 0 Å². The second-order valence-electron chi connectivity index (χ2n) is 6.46. The minimum Gasteiger partial charge on any atom is -0.380 e. The highest BCUT2D eigenvalue weighted by molar-refractivity contribution is 6.37. The maximum absolute atomic E-state index is 13.0. The number of carbonyl (C=O) groups excluding carboxylic acids is 2. The fourth-order valence-electron chi connectivity index (χ4n) is 3.30. The fraction of sp³-hybridized carbons (Fsp3) is 0.400. The third-order valence-electron chi connectivity index (χ3n) is 4.62. The molecule has 0 saturated heterocycles. The number of amides is 2. The van der Waals surface area contributed by atoms with Crippen molar-refractivity contribution in [3.63, 3.8) is 0 Å². The van der Waals surface area contributed by atoms with Crippen molar-refractivity contribution in [1.29, 1.82) is 0 Å². The first-order valence-corrected chi connectivity index (χ1v) is 8.98. The molecule has 0 aliphatic carbocycles. The van der Waals surface area contributed by atoms with E-state index in [-0.39, 0.29) is 11.8 Å². The first-order valence-electron chi connectivity index (χ1n) is 8.98. The lowest BCUT2D eigenvalue weighted by Crippen LogP contribution is -2.34. The van der Waals surface area contributed by atoms with Gasteiger partial charge in [0.05, 0.1) is 5.57 Å². The van der Waals surface area contributed by atoms with E-state index in [1.54, 1.807) is 0 Å². The van der Waals surface area contributed by atoms with E-state index >= 15 is 0 Å². The van der Waals surface area contributed by atoms with Crippen molar-refractivity contribution in [2.75, 3.05) is 13.1 Å². The van der Waals surface area contributed by atoms with Crippen LogP contribution in [0.2, 0.25) is 0 Å². The van der Waals surface area contributed by atoms with E-state index in [4.69, 9.17) is 0 Å². The largest absolute Gasteiger partial charge is 0.380 e. The monoisotopic (exact) mass is 339 g/mol. The van der Waals surface area contributed by atoms with Crippen LogP contribution in [0.3, 0.4) is 0 Å². The molecule has 132 valence electrons. The van der Waals surface area contributed by atoms with E-state index in [1.165, 1.54) is 4.90 Å². The summed E-state index contributed by atoms with van der Waals surface area (Å²) < 4.78 is 2.00. The second kappa shape index (κ2) is 7.13. The van der Waals surface area contributed by atoms with Crippen molar-refractivity contribution in [2.24, 2.45) is 7.05 Å². The summed E-state index contributed by atoms with van der Waals surface area (Å²) in [6.07, 6.45) is 4.60. The van der Waals surface area contributed by atoms with E-state index < -0.39 is 0 Å². The number of hydrogen-bond acceptors (Lipinski definition) is 3. The summed E-state index contributed by atoms with van der Waals surface area (Å²) in [5, 5.41) is 4.19. The van der Waals surface area contributed by atoms with Gasteiger partial charge >= 0.3 is 0 Å².